The van der Waals surface area contributed by atoms with Crippen molar-refractivity contribution >= 4 is 11.7 Å². The number of rotatable bonds is 12. The summed E-state index contributed by atoms with van der Waals surface area (Å²) in [6, 6.07) is 13.3. The maximum Gasteiger partial charge on any atom is 0.314 e. The predicted molar refractivity (Wildman–Crippen MR) is 136 cm³/mol. The van der Waals surface area contributed by atoms with Crippen LogP contribution in [0.3, 0.4) is 0 Å². The number of nitrogens with one attached hydrogen (secondary N) is 4. The molecular formula is C26H38N4O5. The summed E-state index contributed by atoms with van der Waals surface area (Å²) in [5, 5.41) is 22.5. The molecule has 3 atom stereocenters. The standard InChI is InChI=1S/C26H38N4O5/c1-27-26(32)30-15-20-14-28-16-24(25(20)19-6-8-21(34-3)9-7-19)35-17-18-5-10-23(31)22(13-18)29-11-4-12-33-2/h5-10,13,20,24-25,28-29,31H,4,11-12,14-17H2,1-3H3,(H2,27,30,32)/t20-,24-,25?/m0/s1. The minimum absolute atomic E-state index is 0.0862. The molecule has 1 fully saturated rings. The smallest absolute Gasteiger partial charge is 0.314 e. The molecule has 1 unspecified atom stereocenters. The van der Waals surface area contributed by atoms with E-state index in [9.17, 15) is 9.90 Å². The molecule has 3 rings (SSSR count). The van der Waals surface area contributed by atoms with Crippen molar-refractivity contribution in [2.24, 2.45) is 5.92 Å². The first-order valence-electron chi connectivity index (χ1n) is 12.0. The number of anilines is 1. The Bertz CT molecular complexity index is 924. The van der Waals surface area contributed by atoms with Gasteiger partial charge in [-0.15, -0.1) is 0 Å². The zero-order chi connectivity index (χ0) is 25.0. The van der Waals surface area contributed by atoms with Gasteiger partial charge in [-0.25, -0.2) is 4.79 Å². The van der Waals surface area contributed by atoms with E-state index in [-0.39, 0.29) is 29.7 Å². The fourth-order valence-corrected chi connectivity index (χ4v) is 4.41. The molecule has 1 aliphatic rings. The number of hydrogen-bond acceptors (Lipinski definition) is 7. The second kappa shape index (κ2) is 13.8. The van der Waals surface area contributed by atoms with E-state index in [4.69, 9.17) is 14.2 Å². The Hall–Kier alpha value is -3.01. The normalized spacial score (nSPS) is 19.7. The summed E-state index contributed by atoms with van der Waals surface area (Å²) in [7, 11) is 4.94. The van der Waals surface area contributed by atoms with Crippen molar-refractivity contribution in [2.75, 3.05) is 59.4 Å². The number of piperidine rings is 1. The molecule has 192 valence electrons. The first kappa shape index (κ1) is 26.6. The fraction of sp³-hybridized carbons (Fsp3) is 0.500. The Morgan fingerprint density at radius 3 is 2.66 bits per heavy atom. The fourth-order valence-electron chi connectivity index (χ4n) is 4.41. The minimum Gasteiger partial charge on any atom is -0.506 e. The van der Waals surface area contributed by atoms with Crippen molar-refractivity contribution in [1.82, 2.24) is 16.0 Å². The van der Waals surface area contributed by atoms with Gasteiger partial charge in [0.05, 0.1) is 25.5 Å². The van der Waals surface area contributed by atoms with Crippen molar-refractivity contribution in [3.63, 3.8) is 0 Å². The van der Waals surface area contributed by atoms with Gasteiger partial charge >= 0.3 is 6.03 Å². The van der Waals surface area contributed by atoms with Crippen molar-refractivity contribution in [3.05, 3.63) is 53.6 Å². The number of aromatic hydroxyl groups is 1. The largest absolute Gasteiger partial charge is 0.506 e. The Balaban J connectivity index is 1.72. The summed E-state index contributed by atoms with van der Waals surface area (Å²) in [6.45, 7) is 3.77. The van der Waals surface area contributed by atoms with Crippen LogP contribution in [-0.4, -0.2) is 71.3 Å². The molecule has 9 nitrogen and oxygen atoms in total. The molecule has 0 bridgehead atoms. The Labute approximate surface area is 207 Å². The molecule has 0 spiro atoms. The second-order valence-corrected chi connectivity index (χ2v) is 8.65. The second-order valence-electron chi connectivity index (χ2n) is 8.65. The Morgan fingerprint density at radius 1 is 1.14 bits per heavy atom. The summed E-state index contributed by atoms with van der Waals surface area (Å²) >= 11 is 0. The molecular weight excluding hydrogens is 448 g/mol. The number of phenols is 1. The number of carbonyl (C=O) groups excluding carboxylic acids is 1. The highest BCUT2D eigenvalue weighted by molar-refractivity contribution is 5.73. The van der Waals surface area contributed by atoms with Gasteiger partial charge in [0.25, 0.3) is 0 Å². The first-order chi connectivity index (χ1) is 17.0. The van der Waals surface area contributed by atoms with Crippen molar-refractivity contribution in [3.8, 4) is 11.5 Å². The summed E-state index contributed by atoms with van der Waals surface area (Å²) < 4.78 is 16.9. The number of amides is 2. The summed E-state index contributed by atoms with van der Waals surface area (Å²) in [4.78, 5) is 11.8. The molecule has 35 heavy (non-hydrogen) atoms. The average Bonchev–Trinajstić information content (AvgIpc) is 2.89. The van der Waals surface area contributed by atoms with Gasteiger partial charge in [0, 0.05) is 52.9 Å². The Kier molecular flexibility index (Phi) is 10.5. The van der Waals surface area contributed by atoms with Gasteiger partial charge < -0.3 is 40.6 Å². The minimum atomic E-state index is -0.198. The van der Waals surface area contributed by atoms with Crippen molar-refractivity contribution in [2.45, 2.75) is 25.0 Å². The molecule has 9 heteroatoms. The molecule has 2 amide bonds. The molecule has 2 aromatic rings. The molecule has 5 N–H and O–H groups in total. The number of carbonyl (C=O) groups is 1. The first-order valence-corrected chi connectivity index (χ1v) is 12.0. The van der Waals surface area contributed by atoms with Crippen LogP contribution in [0.15, 0.2) is 42.5 Å². The van der Waals surface area contributed by atoms with E-state index in [0.717, 1.165) is 29.8 Å². The van der Waals surface area contributed by atoms with E-state index in [1.54, 1.807) is 27.3 Å². The lowest BCUT2D eigenvalue weighted by atomic mass is 9.79. The number of ether oxygens (including phenoxy) is 3. The SMILES string of the molecule is CNC(=O)NC[C@@H]1CNC[C@H](OCc2ccc(O)c(NCCCOC)c2)C1c1ccc(OC)cc1. The van der Waals surface area contributed by atoms with Crippen LogP contribution in [0.4, 0.5) is 10.5 Å². The Morgan fingerprint density at radius 2 is 1.94 bits per heavy atom. The van der Waals surface area contributed by atoms with E-state index in [1.807, 2.05) is 24.3 Å². The summed E-state index contributed by atoms with van der Waals surface area (Å²) in [5.41, 5.74) is 2.80. The molecule has 0 aliphatic carbocycles. The van der Waals surface area contributed by atoms with Crippen LogP contribution in [0.5, 0.6) is 11.5 Å². The highest BCUT2D eigenvalue weighted by atomic mass is 16.5. The molecule has 0 aromatic heterocycles. The molecule has 0 saturated carbocycles. The number of urea groups is 1. The van der Waals surface area contributed by atoms with Crippen LogP contribution in [0.1, 0.15) is 23.5 Å². The van der Waals surface area contributed by atoms with Crippen LogP contribution < -0.4 is 26.0 Å². The van der Waals surface area contributed by atoms with Crippen LogP contribution in [0, 0.1) is 5.92 Å². The number of methoxy groups -OCH3 is 2. The molecule has 1 aliphatic heterocycles. The molecule has 1 heterocycles. The maximum atomic E-state index is 11.8. The quantitative estimate of drug-likeness (QED) is 0.232. The number of phenolic OH excluding ortho intramolecular Hbond substituents is 1. The van der Waals surface area contributed by atoms with Crippen molar-refractivity contribution < 1.29 is 24.1 Å². The van der Waals surface area contributed by atoms with Gasteiger partial charge in [0.1, 0.15) is 11.5 Å². The van der Waals surface area contributed by atoms with Crippen molar-refractivity contribution in [1.29, 1.82) is 0 Å². The van der Waals surface area contributed by atoms with Crippen LogP contribution in [0.25, 0.3) is 0 Å². The van der Waals surface area contributed by atoms with Crippen LogP contribution in [-0.2, 0) is 16.1 Å². The molecule has 0 radical (unpaired) electrons. The third kappa shape index (κ3) is 7.74. The van der Waals surface area contributed by atoms with E-state index >= 15 is 0 Å². The van der Waals surface area contributed by atoms with Gasteiger partial charge in [0.2, 0.25) is 0 Å². The summed E-state index contributed by atoms with van der Waals surface area (Å²) in [5.74, 6) is 1.25. The average molecular weight is 487 g/mol. The maximum absolute atomic E-state index is 11.8. The highest BCUT2D eigenvalue weighted by Gasteiger charge is 2.35. The van der Waals surface area contributed by atoms with E-state index in [0.29, 0.717) is 38.5 Å². The van der Waals surface area contributed by atoms with Gasteiger partial charge in [-0.3, -0.25) is 0 Å². The number of benzene rings is 2. The lowest BCUT2D eigenvalue weighted by Gasteiger charge is -2.39. The van der Waals surface area contributed by atoms with Gasteiger partial charge in [-0.1, -0.05) is 18.2 Å². The topological polar surface area (TPSA) is 113 Å². The predicted octanol–water partition coefficient (Wildman–Crippen LogP) is 2.67. The summed E-state index contributed by atoms with van der Waals surface area (Å²) in [6.07, 6.45) is 0.750. The van der Waals surface area contributed by atoms with E-state index < -0.39 is 0 Å². The van der Waals surface area contributed by atoms with Crippen LogP contribution >= 0.6 is 0 Å². The molecule has 2 aromatic carbocycles. The lowest BCUT2D eigenvalue weighted by molar-refractivity contribution is -0.00552. The zero-order valence-corrected chi connectivity index (χ0v) is 20.8. The van der Waals surface area contributed by atoms with Crippen LogP contribution in [0.2, 0.25) is 0 Å². The lowest BCUT2D eigenvalue weighted by Crippen LogP contribution is -2.51. The molecule has 1 saturated heterocycles. The van der Waals surface area contributed by atoms with Gasteiger partial charge in [-0.05, 0) is 47.7 Å². The third-order valence-electron chi connectivity index (χ3n) is 6.28. The number of hydrogen-bond donors (Lipinski definition) is 5. The zero-order valence-electron chi connectivity index (χ0n) is 20.8. The monoisotopic (exact) mass is 486 g/mol. The van der Waals surface area contributed by atoms with E-state index in [1.165, 1.54) is 0 Å². The van der Waals surface area contributed by atoms with Gasteiger partial charge in [0.15, 0.2) is 0 Å². The van der Waals surface area contributed by atoms with Gasteiger partial charge in [-0.2, -0.15) is 0 Å². The highest BCUT2D eigenvalue weighted by Crippen LogP contribution is 2.34. The third-order valence-corrected chi connectivity index (χ3v) is 6.28. The van der Waals surface area contributed by atoms with E-state index in [2.05, 4.69) is 33.4 Å².